The summed E-state index contributed by atoms with van der Waals surface area (Å²) in [5.41, 5.74) is 2.76. The quantitative estimate of drug-likeness (QED) is 0.421. The number of methoxy groups -OCH3 is 2. The topological polar surface area (TPSA) is 90.7 Å². The number of rotatable bonds is 7. The average molecular weight is 492 g/mol. The van der Waals surface area contributed by atoms with E-state index in [0.717, 1.165) is 5.56 Å². The molecule has 9 nitrogen and oxygen atoms in total. The van der Waals surface area contributed by atoms with Gasteiger partial charge in [0.1, 0.15) is 17.3 Å². The van der Waals surface area contributed by atoms with Crippen molar-refractivity contribution < 1.29 is 23.4 Å². The van der Waals surface area contributed by atoms with Crippen LogP contribution in [0.3, 0.4) is 0 Å². The van der Waals surface area contributed by atoms with Gasteiger partial charge in [-0.1, -0.05) is 0 Å². The fourth-order valence-corrected chi connectivity index (χ4v) is 4.20. The largest absolute Gasteiger partial charge is 0.497 e. The van der Waals surface area contributed by atoms with Crippen LogP contribution in [-0.4, -0.2) is 61.2 Å². The monoisotopic (exact) mass is 491 g/mol. The van der Waals surface area contributed by atoms with Crippen LogP contribution in [0.5, 0.6) is 11.5 Å². The number of carbonyl (C=O) groups is 1. The molecule has 2 aromatic carbocycles. The molecule has 5 rings (SSSR count). The van der Waals surface area contributed by atoms with Gasteiger partial charge in [0.25, 0.3) is 5.91 Å². The molecule has 0 unspecified atom stereocenters. The summed E-state index contributed by atoms with van der Waals surface area (Å²) in [4.78, 5) is 19.2. The molecule has 1 amide bonds. The smallest absolute Gasteiger partial charge is 0.257 e. The summed E-state index contributed by atoms with van der Waals surface area (Å²) in [5.74, 6) is 0.609. The summed E-state index contributed by atoms with van der Waals surface area (Å²) in [6.45, 7) is 2.83. The second kappa shape index (κ2) is 10.2. The normalized spacial score (nSPS) is 13.6. The minimum absolute atomic E-state index is 0.349. The molecule has 4 aromatic rings. The Kier molecular flexibility index (Phi) is 6.68. The molecule has 3 heterocycles. The van der Waals surface area contributed by atoms with Gasteiger partial charge >= 0.3 is 0 Å². The van der Waals surface area contributed by atoms with Crippen LogP contribution < -0.4 is 19.7 Å². The van der Waals surface area contributed by atoms with Gasteiger partial charge in [0.05, 0.1) is 51.4 Å². The summed E-state index contributed by atoms with van der Waals surface area (Å²) < 4.78 is 32.5. The second-order valence-corrected chi connectivity index (χ2v) is 8.34. The number of morpholine rings is 1. The summed E-state index contributed by atoms with van der Waals surface area (Å²) in [6.07, 6.45) is 3.14. The predicted octanol–water partition coefficient (Wildman–Crippen LogP) is 3.72. The van der Waals surface area contributed by atoms with Gasteiger partial charge in [-0.3, -0.25) is 4.79 Å². The van der Waals surface area contributed by atoms with Gasteiger partial charge in [0, 0.05) is 42.0 Å². The Labute approximate surface area is 207 Å². The summed E-state index contributed by atoms with van der Waals surface area (Å²) in [7, 11) is 3.20. The highest BCUT2D eigenvalue weighted by Gasteiger charge is 2.17. The first-order valence-corrected chi connectivity index (χ1v) is 11.5. The highest BCUT2D eigenvalue weighted by molar-refractivity contribution is 6.05. The van der Waals surface area contributed by atoms with Crippen LogP contribution in [0.2, 0.25) is 0 Å². The van der Waals surface area contributed by atoms with E-state index in [4.69, 9.17) is 14.2 Å². The number of amides is 1. The van der Waals surface area contributed by atoms with Gasteiger partial charge < -0.3 is 24.4 Å². The SMILES string of the molecule is COc1ccc(Cn2ncc3cc(C(=O)Nc4ccc(N5CCOCC5)c(F)c4)cnc32)c(OC)c1. The molecule has 0 spiro atoms. The Bertz CT molecular complexity index is 1400. The van der Waals surface area contributed by atoms with Crippen LogP contribution in [0.25, 0.3) is 11.0 Å². The first-order valence-electron chi connectivity index (χ1n) is 11.5. The van der Waals surface area contributed by atoms with Gasteiger partial charge in [-0.05, 0) is 36.4 Å². The zero-order chi connectivity index (χ0) is 25.1. The number of fused-ring (bicyclic) bond motifs is 1. The molecule has 1 aliphatic rings. The second-order valence-electron chi connectivity index (χ2n) is 8.34. The maximum atomic E-state index is 14.7. The van der Waals surface area contributed by atoms with Crippen molar-refractivity contribution in [1.29, 1.82) is 0 Å². The number of anilines is 2. The molecule has 1 aliphatic heterocycles. The average Bonchev–Trinajstić information content (AvgIpc) is 3.31. The highest BCUT2D eigenvalue weighted by Crippen LogP contribution is 2.27. The molecule has 1 fully saturated rings. The van der Waals surface area contributed by atoms with Crippen molar-refractivity contribution in [1.82, 2.24) is 14.8 Å². The third kappa shape index (κ3) is 4.80. The Balaban J connectivity index is 1.31. The van der Waals surface area contributed by atoms with E-state index < -0.39 is 5.82 Å². The van der Waals surface area contributed by atoms with Crippen molar-refractivity contribution in [3.05, 3.63) is 71.8 Å². The predicted molar refractivity (Wildman–Crippen MR) is 134 cm³/mol. The van der Waals surface area contributed by atoms with Crippen molar-refractivity contribution in [2.45, 2.75) is 6.54 Å². The fourth-order valence-electron chi connectivity index (χ4n) is 4.20. The molecule has 1 saturated heterocycles. The lowest BCUT2D eigenvalue weighted by Gasteiger charge is -2.29. The van der Waals surface area contributed by atoms with Crippen molar-refractivity contribution in [3.63, 3.8) is 0 Å². The van der Waals surface area contributed by atoms with Gasteiger partial charge in [-0.15, -0.1) is 0 Å². The molecular weight excluding hydrogens is 465 g/mol. The van der Waals surface area contributed by atoms with Crippen molar-refractivity contribution in [3.8, 4) is 11.5 Å². The van der Waals surface area contributed by atoms with Crippen LogP contribution in [0.15, 0.2) is 54.9 Å². The van der Waals surface area contributed by atoms with E-state index in [2.05, 4.69) is 15.4 Å². The number of carbonyl (C=O) groups excluding carboxylic acids is 1. The maximum Gasteiger partial charge on any atom is 0.257 e. The lowest BCUT2D eigenvalue weighted by atomic mass is 10.2. The van der Waals surface area contributed by atoms with Crippen LogP contribution in [-0.2, 0) is 11.3 Å². The Hall–Kier alpha value is -4.18. The van der Waals surface area contributed by atoms with E-state index in [1.165, 1.54) is 12.3 Å². The number of hydrogen-bond donors (Lipinski definition) is 1. The number of nitrogens with one attached hydrogen (secondary N) is 1. The van der Waals surface area contributed by atoms with E-state index in [0.29, 0.717) is 72.3 Å². The van der Waals surface area contributed by atoms with Gasteiger partial charge in [-0.2, -0.15) is 5.10 Å². The zero-order valence-electron chi connectivity index (χ0n) is 20.0. The van der Waals surface area contributed by atoms with Crippen LogP contribution in [0.4, 0.5) is 15.8 Å². The molecule has 186 valence electrons. The maximum absolute atomic E-state index is 14.7. The van der Waals surface area contributed by atoms with E-state index in [9.17, 15) is 9.18 Å². The first kappa shape index (κ1) is 23.6. The minimum Gasteiger partial charge on any atom is -0.497 e. The van der Waals surface area contributed by atoms with Gasteiger partial charge in [-0.25, -0.2) is 14.1 Å². The van der Waals surface area contributed by atoms with E-state index in [1.807, 2.05) is 23.1 Å². The number of aromatic nitrogens is 3. The van der Waals surface area contributed by atoms with E-state index >= 15 is 0 Å². The molecule has 0 aliphatic carbocycles. The fraction of sp³-hybridized carbons (Fsp3) is 0.269. The molecule has 0 saturated carbocycles. The number of ether oxygens (including phenoxy) is 3. The van der Waals surface area contributed by atoms with Gasteiger partial charge in [0.15, 0.2) is 5.65 Å². The third-order valence-electron chi connectivity index (χ3n) is 6.11. The third-order valence-corrected chi connectivity index (χ3v) is 6.11. The molecule has 0 bridgehead atoms. The van der Waals surface area contributed by atoms with Crippen molar-refractivity contribution in [2.24, 2.45) is 0 Å². The summed E-state index contributed by atoms with van der Waals surface area (Å²) >= 11 is 0. The number of nitrogens with zero attached hydrogens (tertiary/aromatic N) is 4. The standard InChI is InChI=1S/C26H26FN5O4/c1-34-21-5-3-17(24(13-21)35-2)16-32-25-18(15-29-32)11-19(14-28-25)26(33)30-20-4-6-23(22(27)12-20)31-7-9-36-10-8-31/h3-6,11-15H,7-10,16H2,1-2H3,(H,30,33). The van der Waals surface area contributed by atoms with E-state index in [-0.39, 0.29) is 5.91 Å². The van der Waals surface area contributed by atoms with E-state index in [1.54, 1.807) is 43.3 Å². The Morgan fingerprint density at radius 2 is 1.92 bits per heavy atom. The Morgan fingerprint density at radius 1 is 1.08 bits per heavy atom. The zero-order valence-corrected chi connectivity index (χ0v) is 20.0. The molecule has 2 aromatic heterocycles. The van der Waals surface area contributed by atoms with Crippen molar-refractivity contribution >= 4 is 28.3 Å². The molecule has 1 N–H and O–H groups in total. The summed E-state index contributed by atoms with van der Waals surface area (Å²) in [6, 6.07) is 12.0. The van der Waals surface area contributed by atoms with Crippen LogP contribution in [0.1, 0.15) is 15.9 Å². The lowest BCUT2D eigenvalue weighted by Crippen LogP contribution is -2.36. The molecule has 0 atom stereocenters. The van der Waals surface area contributed by atoms with Crippen LogP contribution in [0, 0.1) is 5.82 Å². The molecule has 10 heteroatoms. The molecule has 0 radical (unpaired) electrons. The summed E-state index contributed by atoms with van der Waals surface area (Å²) in [5, 5.41) is 7.89. The number of benzene rings is 2. The number of pyridine rings is 1. The highest BCUT2D eigenvalue weighted by atomic mass is 19.1. The lowest BCUT2D eigenvalue weighted by molar-refractivity contribution is 0.102. The molecule has 36 heavy (non-hydrogen) atoms. The first-order chi connectivity index (χ1) is 17.6. The van der Waals surface area contributed by atoms with Crippen LogP contribution >= 0.6 is 0 Å². The number of halogens is 1. The number of hydrogen-bond acceptors (Lipinski definition) is 7. The molecular formula is C26H26FN5O4. The Morgan fingerprint density at radius 3 is 2.67 bits per heavy atom. The van der Waals surface area contributed by atoms with Crippen molar-refractivity contribution in [2.75, 3.05) is 50.7 Å². The minimum atomic E-state index is -0.390. The van der Waals surface area contributed by atoms with Gasteiger partial charge in [0.2, 0.25) is 0 Å².